The molecule has 0 radical (unpaired) electrons. The number of hydrogen-bond donors (Lipinski definition) is 0. The standard InChI is InChI=1S/C12H15IN4O2/c13-11-9-14-12-7-10(8-15-17(11)12)19-6-3-16-1-4-18-5-2-16/h7-9H,1-6H2. The summed E-state index contributed by atoms with van der Waals surface area (Å²) in [6, 6.07) is 1.91. The summed E-state index contributed by atoms with van der Waals surface area (Å²) in [7, 11) is 0. The average Bonchev–Trinajstić information content (AvgIpc) is 2.81. The van der Waals surface area contributed by atoms with Gasteiger partial charge in [-0.1, -0.05) is 0 Å². The van der Waals surface area contributed by atoms with Gasteiger partial charge in [0.25, 0.3) is 0 Å². The molecule has 3 heterocycles. The highest BCUT2D eigenvalue weighted by Gasteiger charge is 2.10. The van der Waals surface area contributed by atoms with Crippen LogP contribution in [-0.2, 0) is 4.74 Å². The maximum absolute atomic E-state index is 5.73. The van der Waals surface area contributed by atoms with Gasteiger partial charge < -0.3 is 9.47 Å². The molecule has 0 bridgehead atoms. The molecule has 2 aromatic rings. The third-order valence-corrected chi connectivity index (χ3v) is 3.81. The first-order valence-corrected chi connectivity index (χ1v) is 7.33. The number of rotatable bonds is 4. The molecule has 0 saturated carbocycles. The normalized spacial score (nSPS) is 16.9. The number of morpholine rings is 1. The topological polar surface area (TPSA) is 51.9 Å². The molecule has 0 unspecified atom stereocenters. The molecule has 1 fully saturated rings. The number of halogens is 1. The Morgan fingerprint density at radius 1 is 1.32 bits per heavy atom. The number of fused-ring (bicyclic) bond motifs is 1. The lowest BCUT2D eigenvalue weighted by Gasteiger charge is -2.26. The predicted octanol–water partition coefficient (Wildman–Crippen LogP) is 1.04. The van der Waals surface area contributed by atoms with Crippen LogP contribution in [0.3, 0.4) is 0 Å². The molecule has 1 aliphatic rings. The molecule has 1 aliphatic heterocycles. The number of hydrogen-bond acceptors (Lipinski definition) is 5. The van der Waals surface area contributed by atoms with Gasteiger partial charge >= 0.3 is 0 Å². The third-order valence-electron chi connectivity index (χ3n) is 3.07. The molecule has 7 heteroatoms. The van der Waals surface area contributed by atoms with Gasteiger partial charge in [-0.25, -0.2) is 9.50 Å². The highest BCUT2D eigenvalue weighted by Crippen LogP contribution is 2.14. The second-order valence-corrected chi connectivity index (χ2v) is 5.45. The molecule has 0 aliphatic carbocycles. The summed E-state index contributed by atoms with van der Waals surface area (Å²) in [5.74, 6) is 0.766. The van der Waals surface area contributed by atoms with Crippen molar-refractivity contribution >= 4 is 28.2 Å². The van der Waals surface area contributed by atoms with Crippen LogP contribution >= 0.6 is 22.6 Å². The highest BCUT2D eigenvalue weighted by molar-refractivity contribution is 14.1. The Morgan fingerprint density at radius 2 is 2.16 bits per heavy atom. The van der Waals surface area contributed by atoms with Crippen molar-refractivity contribution in [3.05, 3.63) is 22.2 Å². The minimum Gasteiger partial charge on any atom is -0.490 e. The number of aromatic nitrogens is 3. The van der Waals surface area contributed by atoms with Crippen LogP contribution in [0.4, 0.5) is 0 Å². The van der Waals surface area contributed by atoms with Crippen molar-refractivity contribution in [1.82, 2.24) is 19.5 Å². The fourth-order valence-corrected chi connectivity index (χ4v) is 2.54. The number of nitrogens with zero attached hydrogens (tertiary/aromatic N) is 4. The van der Waals surface area contributed by atoms with Crippen molar-refractivity contribution in [2.75, 3.05) is 39.5 Å². The zero-order valence-electron chi connectivity index (χ0n) is 10.5. The average molecular weight is 374 g/mol. The molecule has 3 rings (SSSR count). The Labute approximate surface area is 124 Å². The van der Waals surface area contributed by atoms with E-state index in [4.69, 9.17) is 9.47 Å². The van der Waals surface area contributed by atoms with Gasteiger partial charge in [-0.2, -0.15) is 5.10 Å². The second kappa shape index (κ2) is 6.02. The lowest BCUT2D eigenvalue weighted by molar-refractivity contribution is 0.0322. The van der Waals surface area contributed by atoms with Crippen LogP contribution in [0.1, 0.15) is 0 Å². The van der Waals surface area contributed by atoms with Gasteiger partial charge in [-0.3, -0.25) is 4.90 Å². The maximum Gasteiger partial charge on any atom is 0.158 e. The molecule has 0 amide bonds. The Balaban J connectivity index is 1.56. The monoisotopic (exact) mass is 374 g/mol. The van der Waals surface area contributed by atoms with Gasteiger partial charge in [-0.05, 0) is 22.6 Å². The number of ether oxygens (including phenoxy) is 2. The van der Waals surface area contributed by atoms with E-state index in [1.807, 2.05) is 6.07 Å². The summed E-state index contributed by atoms with van der Waals surface area (Å²) in [5, 5.41) is 4.29. The van der Waals surface area contributed by atoms with E-state index in [9.17, 15) is 0 Å². The molecule has 0 N–H and O–H groups in total. The summed E-state index contributed by atoms with van der Waals surface area (Å²) in [6.07, 6.45) is 3.52. The molecule has 19 heavy (non-hydrogen) atoms. The van der Waals surface area contributed by atoms with Crippen molar-refractivity contribution in [2.45, 2.75) is 0 Å². The summed E-state index contributed by atoms with van der Waals surface area (Å²) in [5.41, 5.74) is 0.813. The smallest absolute Gasteiger partial charge is 0.158 e. The van der Waals surface area contributed by atoms with E-state index in [2.05, 4.69) is 37.6 Å². The van der Waals surface area contributed by atoms with Gasteiger partial charge in [0.15, 0.2) is 5.65 Å². The Kier molecular flexibility index (Phi) is 4.14. The first-order chi connectivity index (χ1) is 9.33. The van der Waals surface area contributed by atoms with Crippen molar-refractivity contribution in [3.8, 4) is 5.75 Å². The van der Waals surface area contributed by atoms with E-state index in [1.54, 1.807) is 16.9 Å². The SMILES string of the molecule is Ic1cnc2cc(OCCN3CCOCC3)cnn12. The van der Waals surface area contributed by atoms with E-state index < -0.39 is 0 Å². The Bertz CT molecular complexity index is 554. The van der Waals surface area contributed by atoms with Gasteiger partial charge in [-0.15, -0.1) is 0 Å². The largest absolute Gasteiger partial charge is 0.490 e. The summed E-state index contributed by atoms with van der Waals surface area (Å²) in [6.45, 7) is 5.19. The molecule has 0 aromatic carbocycles. The van der Waals surface area contributed by atoms with Crippen molar-refractivity contribution in [2.24, 2.45) is 0 Å². The molecule has 2 aromatic heterocycles. The molecule has 0 spiro atoms. The van der Waals surface area contributed by atoms with E-state index in [-0.39, 0.29) is 0 Å². The van der Waals surface area contributed by atoms with Crippen molar-refractivity contribution in [3.63, 3.8) is 0 Å². The molecule has 0 atom stereocenters. The van der Waals surface area contributed by atoms with Crippen LogP contribution in [0, 0.1) is 3.70 Å². The van der Waals surface area contributed by atoms with E-state index >= 15 is 0 Å². The van der Waals surface area contributed by atoms with Crippen LogP contribution in [0.5, 0.6) is 5.75 Å². The molecule has 102 valence electrons. The molecule has 6 nitrogen and oxygen atoms in total. The van der Waals surface area contributed by atoms with Crippen molar-refractivity contribution < 1.29 is 9.47 Å². The first-order valence-electron chi connectivity index (χ1n) is 6.25. The van der Waals surface area contributed by atoms with Crippen LogP contribution in [0.25, 0.3) is 5.65 Å². The fourth-order valence-electron chi connectivity index (χ4n) is 2.03. The summed E-state index contributed by atoms with van der Waals surface area (Å²) >= 11 is 2.20. The second-order valence-electron chi connectivity index (χ2n) is 4.34. The van der Waals surface area contributed by atoms with Crippen LogP contribution in [0.2, 0.25) is 0 Å². The van der Waals surface area contributed by atoms with Gasteiger partial charge in [0.1, 0.15) is 16.1 Å². The molecule has 1 saturated heterocycles. The molecular weight excluding hydrogens is 359 g/mol. The maximum atomic E-state index is 5.73. The van der Waals surface area contributed by atoms with Crippen LogP contribution < -0.4 is 4.74 Å². The van der Waals surface area contributed by atoms with E-state index in [0.717, 1.165) is 47.9 Å². The van der Waals surface area contributed by atoms with Crippen LogP contribution in [0.15, 0.2) is 18.5 Å². The van der Waals surface area contributed by atoms with E-state index in [0.29, 0.717) is 6.61 Å². The zero-order chi connectivity index (χ0) is 13.1. The zero-order valence-corrected chi connectivity index (χ0v) is 12.6. The number of imidazole rings is 1. The lowest BCUT2D eigenvalue weighted by Crippen LogP contribution is -2.38. The minimum absolute atomic E-state index is 0.662. The highest BCUT2D eigenvalue weighted by atomic mass is 127. The summed E-state index contributed by atoms with van der Waals surface area (Å²) < 4.78 is 13.8. The van der Waals surface area contributed by atoms with Gasteiger partial charge in [0.2, 0.25) is 0 Å². The predicted molar refractivity (Wildman–Crippen MR) is 78.5 cm³/mol. The lowest BCUT2D eigenvalue weighted by atomic mass is 10.4. The fraction of sp³-hybridized carbons (Fsp3) is 0.500. The first kappa shape index (κ1) is 13.1. The van der Waals surface area contributed by atoms with Crippen LogP contribution in [-0.4, -0.2) is 59.0 Å². The van der Waals surface area contributed by atoms with Gasteiger partial charge in [0, 0.05) is 25.7 Å². The van der Waals surface area contributed by atoms with Gasteiger partial charge in [0.05, 0.1) is 25.6 Å². The summed E-state index contributed by atoms with van der Waals surface area (Å²) in [4.78, 5) is 6.60. The minimum atomic E-state index is 0.662. The Hall–Kier alpha value is -0.930. The quantitative estimate of drug-likeness (QED) is 0.749. The Morgan fingerprint density at radius 3 is 3.00 bits per heavy atom. The molecular formula is C12H15IN4O2. The van der Waals surface area contributed by atoms with E-state index in [1.165, 1.54) is 0 Å². The third kappa shape index (κ3) is 3.15. The van der Waals surface area contributed by atoms with Crippen molar-refractivity contribution in [1.29, 1.82) is 0 Å².